The third-order valence-electron chi connectivity index (χ3n) is 6.15. The fraction of sp³-hybridized carbons (Fsp3) is 0.700. The number of hydrogen-bond donors (Lipinski definition) is 2. The molecule has 0 aliphatic carbocycles. The highest BCUT2D eigenvalue weighted by atomic mass is 16.5. The third-order valence-corrected chi connectivity index (χ3v) is 6.15. The summed E-state index contributed by atoms with van der Waals surface area (Å²) in [6, 6.07) is 5.74. The van der Waals surface area contributed by atoms with Crippen molar-refractivity contribution in [3.8, 4) is 0 Å². The Labute approximate surface area is 160 Å². The molecular weight excluding hydrogens is 342 g/mol. The Balaban J connectivity index is 1.35. The topological polar surface area (TPSA) is 73.0 Å². The lowest BCUT2D eigenvalue weighted by Gasteiger charge is -2.38. The predicted molar refractivity (Wildman–Crippen MR) is 106 cm³/mol. The number of ether oxygens (including phenoxy) is 1. The first kappa shape index (κ1) is 18.7. The molecule has 0 aromatic carbocycles. The monoisotopic (exact) mass is 373 g/mol. The molecule has 0 amide bonds. The summed E-state index contributed by atoms with van der Waals surface area (Å²) in [5, 5.41) is 3.42. The van der Waals surface area contributed by atoms with E-state index in [4.69, 9.17) is 9.73 Å². The first-order valence-corrected chi connectivity index (χ1v) is 10.2. The van der Waals surface area contributed by atoms with Gasteiger partial charge >= 0.3 is 0 Å². The molecule has 3 aliphatic heterocycles. The molecule has 0 spiro atoms. The summed E-state index contributed by atoms with van der Waals surface area (Å²) in [6.07, 6.45) is 3.90. The van der Waals surface area contributed by atoms with Crippen molar-refractivity contribution in [1.29, 1.82) is 0 Å². The number of aromatic amines is 1. The van der Waals surface area contributed by atoms with E-state index in [1.807, 2.05) is 19.2 Å². The average Bonchev–Trinajstić information content (AvgIpc) is 2.93. The van der Waals surface area contributed by atoms with Gasteiger partial charge in [0.1, 0.15) is 12.0 Å². The number of H-pyrrole nitrogens is 1. The molecule has 27 heavy (non-hydrogen) atoms. The molecule has 3 atom stereocenters. The van der Waals surface area contributed by atoms with Crippen LogP contribution in [0.1, 0.15) is 37.8 Å². The van der Waals surface area contributed by atoms with E-state index in [0.717, 1.165) is 57.7 Å². The number of amidine groups is 1. The SMILES string of the molecule is CNC1C(C)N=C(CN2CCC(c3cccc(=O)[nH]3)CC2)N1C[C@@H]1CCO1. The van der Waals surface area contributed by atoms with Crippen molar-refractivity contribution >= 4 is 5.84 Å². The van der Waals surface area contributed by atoms with Crippen LogP contribution in [0.2, 0.25) is 0 Å². The summed E-state index contributed by atoms with van der Waals surface area (Å²) in [5.74, 6) is 1.63. The van der Waals surface area contributed by atoms with Crippen molar-refractivity contribution in [3.63, 3.8) is 0 Å². The molecule has 7 heteroatoms. The van der Waals surface area contributed by atoms with Crippen molar-refractivity contribution < 1.29 is 4.74 Å². The van der Waals surface area contributed by atoms with Crippen LogP contribution >= 0.6 is 0 Å². The molecule has 7 nitrogen and oxygen atoms in total. The van der Waals surface area contributed by atoms with E-state index in [-0.39, 0.29) is 17.8 Å². The summed E-state index contributed by atoms with van der Waals surface area (Å²) in [4.78, 5) is 24.4. The molecule has 148 valence electrons. The van der Waals surface area contributed by atoms with Gasteiger partial charge in [-0.3, -0.25) is 20.0 Å². The zero-order chi connectivity index (χ0) is 18.8. The lowest BCUT2D eigenvalue weighted by atomic mass is 9.93. The Morgan fingerprint density at radius 1 is 1.30 bits per heavy atom. The van der Waals surface area contributed by atoms with Gasteiger partial charge in [-0.25, -0.2) is 0 Å². The van der Waals surface area contributed by atoms with E-state index in [2.05, 4.69) is 27.0 Å². The molecule has 1 aromatic heterocycles. The maximum Gasteiger partial charge on any atom is 0.248 e. The fourth-order valence-corrected chi connectivity index (χ4v) is 4.50. The molecular formula is C20H31N5O2. The highest BCUT2D eigenvalue weighted by molar-refractivity contribution is 5.86. The second-order valence-corrected chi connectivity index (χ2v) is 7.97. The van der Waals surface area contributed by atoms with E-state index in [1.165, 1.54) is 5.84 Å². The quantitative estimate of drug-likeness (QED) is 0.778. The second kappa shape index (κ2) is 8.12. The lowest BCUT2D eigenvalue weighted by molar-refractivity contribution is -0.0630. The fourth-order valence-electron chi connectivity index (χ4n) is 4.50. The van der Waals surface area contributed by atoms with E-state index >= 15 is 0 Å². The first-order valence-electron chi connectivity index (χ1n) is 10.2. The molecule has 4 heterocycles. The third kappa shape index (κ3) is 4.10. The van der Waals surface area contributed by atoms with Crippen LogP contribution in [0, 0.1) is 0 Å². The number of nitrogens with zero attached hydrogens (tertiary/aromatic N) is 3. The van der Waals surface area contributed by atoms with Crippen LogP contribution in [0.4, 0.5) is 0 Å². The molecule has 3 aliphatic rings. The summed E-state index contributed by atoms with van der Waals surface area (Å²) in [7, 11) is 2.01. The van der Waals surface area contributed by atoms with Crippen LogP contribution in [0.3, 0.4) is 0 Å². The summed E-state index contributed by atoms with van der Waals surface area (Å²) in [6.45, 7) is 6.96. The van der Waals surface area contributed by atoms with Gasteiger partial charge in [-0.1, -0.05) is 6.07 Å². The molecule has 2 unspecified atom stereocenters. The minimum Gasteiger partial charge on any atom is -0.376 e. The number of piperidine rings is 1. The van der Waals surface area contributed by atoms with Crippen molar-refractivity contribution in [2.24, 2.45) is 4.99 Å². The van der Waals surface area contributed by atoms with Gasteiger partial charge in [0.25, 0.3) is 0 Å². The lowest BCUT2D eigenvalue weighted by Crippen LogP contribution is -2.54. The maximum atomic E-state index is 11.6. The van der Waals surface area contributed by atoms with Gasteiger partial charge in [0, 0.05) is 30.8 Å². The Morgan fingerprint density at radius 2 is 2.07 bits per heavy atom. The highest BCUT2D eigenvalue weighted by Gasteiger charge is 2.36. The minimum atomic E-state index is -0.00353. The predicted octanol–water partition coefficient (Wildman–Crippen LogP) is 0.991. The smallest absolute Gasteiger partial charge is 0.248 e. The molecule has 0 bridgehead atoms. The number of rotatable bonds is 6. The Bertz CT molecular complexity index is 721. The zero-order valence-corrected chi connectivity index (χ0v) is 16.4. The van der Waals surface area contributed by atoms with E-state index in [0.29, 0.717) is 12.0 Å². The van der Waals surface area contributed by atoms with Crippen LogP contribution < -0.4 is 10.9 Å². The van der Waals surface area contributed by atoms with Gasteiger partial charge < -0.3 is 14.6 Å². The maximum absolute atomic E-state index is 11.6. The Kier molecular flexibility index (Phi) is 5.61. The Morgan fingerprint density at radius 3 is 2.70 bits per heavy atom. The Hall–Kier alpha value is -1.70. The number of likely N-dealkylation sites (N-methyl/N-ethyl adjacent to an activating group) is 1. The summed E-state index contributed by atoms with van der Waals surface area (Å²) >= 11 is 0. The van der Waals surface area contributed by atoms with Gasteiger partial charge in [-0.05, 0) is 52.4 Å². The molecule has 1 aromatic rings. The van der Waals surface area contributed by atoms with Crippen molar-refractivity contribution in [1.82, 2.24) is 20.1 Å². The first-order chi connectivity index (χ1) is 13.1. The van der Waals surface area contributed by atoms with Gasteiger partial charge in [0.15, 0.2) is 0 Å². The number of aliphatic imine (C=N–C) groups is 1. The highest BCUT2D eigenvalue weighted by Crippen LogP contribution is 2.27. The minimum absolute atomic E-state index is 0.00353. The normalized spacial score (nSPS) is 29.6. The molecule has 0 saturated carbocycles. The number of hydrogen-bond acceptors (Lipinski definition) is 6. The van der Waals surface area contributed by atoms with Crippen LogP contribution in [0.5, 0.6) is 0 Å². The van der Waals surface area contributed by atoms with Crippen LogP contribution in [0.15, 0.2) is 28.0 Å². The van der Waals surface area contributed by atoms with Crippen molar-refractivity contribution in [2.45, 2.75) is 50.4 Å². The molecule has 0 radical (unpaired) electrons. The van der Waals surface area contributed by atoms with E-state index in [9.17, 15) is 4.79 Å². The molecule has 2 saturated heterocycles. The number of nitrogens with one attached hydrogen (secondary N) is 2. The van der Waals surface area contributed by atoms with Crippen molar-refractivity contribution in [3.05, 3.63) is 34.2 Å². The summed E-state index contributed by atoms with van der Waals surface area (Å²) in [5.41, 5.74) is 1.07. The number of likely N-dealkylation sites (tertiary alicyclic amines) is 1. The van der Waals surface area contributed by atoms with Gasteiger partial charge in [0.2, 0.25) is 5.56 Å². The largest absolute Gasteiger partial charge is 0.376 e. The standard InChI is InChI=1S/C20H31N5O2/c1-14-20(21-2)25(12-16-8-11-27-16)18(22-14)13-24-9-6-15(7-10-24)17-4-3-5-19(26)23-17/h3-5,14-16,20-21H,6-13H2,1-2H3,(H,23,26)/t14?,16-,20?/m0/s1. The van der Waals surface area contributed by atoms with Gasteiger partial charge in [0.05, 0.1) is 18.7 Å². The van der Waals surface area contributed by atoms with Gasteiger partial charge in [-0.15, -0.1) is 0 Å². The van der Waals surface area contributed by atoms with E-state index < -0.39 is 0 Å². The molecule has 4 rings (SSSR count). The molecule has 2 fully saturated rings. The van der Waals surface area contributed by atoms with Crippen LogP contribution in [0.25, 0.3) is 0 Å². The second-order valence-electron chi connectivity index (χ2n) is 7.97. The number of pyridine rings is 1. The molecule has 2 N–H and O–H groups in total. The van der Waals surface area contributed by atoms with Crippen LogP contribution in [-0.4, -0.2) is 78.8 Å². The number of aromatic nitrogens is 1. The summed E-state index contributed by atoms with van der Waals surface area (Å²) < 4.78 is 5.66. The average molecular weight is 374 g/mol. The van der Waals surface area contributed by atoms with Crippen LogP contribution in [-0.2, 0) is 4.74 Å². The van der Waals surface area contributed by atoms with Gasteiger partial charge in [-0.2, -0.15) is 0 Å². The van der Waals surface area contributed by atoms with E-state index in [1.54, 1.807) is 6.07 Å². The van der Waals surface area contributed by atoms with Crippen molar-refractivity contribution in [2.75, 3.05) is 39.8 Å². The zero-order valence-electron chi connectivity index (χ0n) is 16.4.